The monoisotopic (exact) mass is 514 g/mol. The number of rotatable bonds is 6. The molecule has 1 saturated carbocycles. The number of fused-ring (bicyclic) bond motifs is 1. The molecule has 1 aliphatic heterocycles. The highest BCUT2D eigenvalue weighted by Gasteiger charge is 2.40. The fourth-order valence-corrected chi connectivity index (χ4v) is 5.28. The standard InChI is InChI=1S/C24H24Cl2N6O3/c1-34-17-11-18(35-2)20(26)21(19(17)25)31-13-14-12-28-23(29-15-7-9-27-10-8-15)30-22(14)32(24(31)33)16-5-3-4-6-16/h7-12,16H,3-6,13H2,1-2H3,(H,27,28,29,30). The zero-order valence-corrected chi connectivity index (χ0v) is 20.8. The molecule has 1 aromatic carbocycles. The first-order chi connectivity index (χ1) is 17.0. The molecular formula is C24H24Cl2N6O3. The number of hydrogen-bond donors (Lipinski definition) is 1. The molecule has 0 atom stereocenters. The van der Waals surface area contributed by atoms with E-state index in [0.717, 1.165) is 36.9 Å². The molecule has 5 rings (SSSR count). The number of carbonyl (C=O) groups excluding carboxylic acids is 1. The number of methoxy groups -OCH3 is 2. The molecule has 11 heteroatoms. The van der Waals surface area contributed by atoms with E-state index in [1.54, 1.807) is 34.5 Å². The van der Waals surface area contributed by atoms with Crippen molar-refractivity contribution in [1.29, 1.82) is 0 Å². The van der Waals surface area contributed by atoms with Gasteiger partial charge in [-0.25, -0.2) is 9.78 Å². The van der Waals surface area contributed by atoms with Crippen molar-refractivity contribution in [1.82, 2.24) is 15.0 Å². The van der Waals surface area contributed by atoms with Crippen molar-refractivity contribution >= 4 is 52.4 Å². The van der Waals surface area contributed by atoms with Crippen LogP contribution in [-0.2, 0) is 6.54 Å². The van der Waals surface area contributed by atoms with E-state index in [1.165, 1.54) is 14.2 Å². The fourth-order valence-electron chi connectivity index (χ4n) is 4.58. The predicted octanol–water partition coefficient (Wildman–Crippen LogP) is 5.83. The third-order valence-electron chi connectivity index (χ3n) is 6.28. The van der Waals surface area contributed by atoms with Crippen LogP contribution in [0.25, 0.3) is 0 Å². The van der Waals surface area contributed by atoms with E-state index in [-0.39, 0.29) is 28.7 Å². The second kappa shape index (κ2) is 9.75. The van der Waals surface area contributed by atoms with Crippen molar-refractivity contribution in [3.05, 3.63) is 52.4 Å². The number of urea groups is 1. The van der Waals surface area contributed by atoms with Crippen LogP contribution in [0.5, 0.6) is 11.5 Å². The summed E-state index contributed by atoms with van der Waals surface area (Å²) in [6.45, 7) is 0.197. The lowest BCUT2D eigenvalue weighted by Crippen LogP contribution is -2.52. The van der Waals surface area contributed by atoms with Crippen LogP contribution in [-0.4, -0.2) is 41.2 Å². The topological polar surface area (TPSA) is 92.7 Å². The molecule has 2 amide bonds. The molecule has 3 aromatic rings. The fraction of sp³-hybridized carbons (Fsp3) is 0.333. The van der Waals surface area contributed by atoms with Crippen molar-refractivity contribution in [3.63, 3.8) is 0 Å². The average molecular weight is 515 g/mol. The summed E-state index contributed by atoms with van der Waals surface area (Å²) in [6, 6.07) is 5.01. The number of aromatic nitrogens is 3. The highest BCUT2D eigenvalue weighted by Crippen LogP contribution is 2.48. The first-order valence-electron chi connectivity index (χ1n) is 11.3. The summed E-state index contributed by atoms with van der Waals surface area (Å²) in [6.07, 6.45) is 8.97. The van der Waals surface area contributed by atoms with Gasteiger partial charge in [0.05, 0.1) is 26.5 Å². The minimum Gasteiger partial charge on any atom is -0.495 e. The van der Waals surface area contributed by atoms with E-state index in [9.17, 15) is 4.79 Å². The maximum absolute atomic E-state index is 14.0. The summed E-state index contributed by atoms with van der Waals surface area (Å²) in [5, 5.41) is 3.65. The Hall–Kier alpha value is -3.30. The Labute approximate surface area is 213 Å². The van der Waals surface area contributed by atoms with E-state index >= 15 is 0 Å². The van der Waals surface area contributed by atoms with E-state index < -0.39 is 0 Å². The lowest BCUT2D eigenvalue weighted by molar-refractivity contribution is 0.247. The molecule has 0 bridgehead atoms. The highest BCUT2D eigenvalue weighted by molar-refractivity contribution is 6.42. The Morgan fingerprint density at radius 2 is 1.71 bits per heavy atom. The minimum absolute atomic E-state index is 0.0118. The molecule has 2 aromatic heterocycles. The van der Waals surface area contributed by atoms with Crippen LogP contribution in [0.4, 0.5) is 27.9 Å². The molecule has 3 heterocycles. The maximum Gasteiger partial charge on any atom is 0.330 e. The second-order valence-corrected chi connectivity index (χ2v) is 9.09. The van der Waals surface area contributed by atoms with Crippen molar-refractivity contribution in [3.8, 4) is 11.5 Å². The number of nitrogens with one attached hydrogen (secondary N) is 1. The minimum atomic E-state index is -0.253. The normalized spacial score (nSPS) is 15.8. The van der Waals surface area contributed by atoms with Gasteiger partial charge in [0.25, 0.3) is 0 Å². The van der Waals surface area contributed by atoms with E-state index in [2.05, 4.69) is 15.3 Å². The summed E-state index contributed by atoms with van der Waals surface area (Å²) < 4.78 is 10.8. The quantitative estimate of drug-likeness (QED) is 0.442. The summed E-state index contributed by atoms with van der Waals surface area (Å²) in [5.74, 6) is 1.72. The van der Waals surface area contributed by atoms with Crippen molar-refractivity contribution < 1.29 is 14.3 Å². The molecule has 1 fully saturated rings. The number of ether oxygens (including phenoxy) is 2. The number of halogens is 2. The molecule has 0 radical (unpaired) electrons. The van der Waals surface area contributed by atoms with Crippen LogP contribution in [0.15, 0.2) is 36.8 Å². The molecule has 9 nitrogen and oxygen atoms in total. The molecule has 0 saturated heterocycles. The van der Waals surface area contributed by atoms with Crippen LogP contribution in [0.1, 0.15) is 31.2 Å². The predicted molar refractivity (Wildman–Crippen MR) is 135 cm³/mol. The molecule has 1 aliphatic carbocycles. The van der Waals surface area contributed by atoms with Gasteiger partial charge in [-0.15, -0.1) is 0 Å². The van der Waals surface area contributed by atoms with Gasteiger partial charge >= 0.3 is 6.03 Å². The van der Waals surface area contributed by atoms with Crippen LogP contribution >= 0.6 is 23.2 Å². The first-order valence-corrected chi connectivity index (χ1v) is 12.0. The van der Waals surface area contributed by atoms with Crippen molar-refractivity contribution in [2.75, 3.05) is 29.3 Å². The van der Waals surface area contributed by atoms with Crippen molar-refractivity contribution in [2.45, 2.75) is 38.3 Å². The van der Waals surface area contributed by atoms with Crippen LogP contribution in [0.3, 0.4) is 0 Å². The lowest BCUT2D eigenvalue weighted by Gasteiger charge is -2.39. The van der Waals surface area contributed by atoms with Gasteiger partial charge in [-0.05, 0) is 25.0 Å². The highest BCUT2D eigenvalue weighted by atomic mass is 35.5. The lowest BCUT2D eigenvalue weighted by atomic mass is 10.1. The number of nitrogens with zero attached hydrogens (tertiary/aromatic N) is 5. The summed E-state index contributed by atoms with van der Waals surface area (Å²) >= 11 is 13.3. The zero-order valence-electron chi connectivity index (χ0n) is 19.3. The number of pyridine rings is 1. The molecule has 2 aliphatic rings. The van der Waals surface area contributed by atoms with Crippen LogP contribution < -0.4 is 24.6 Å². The Balaban J connectivity index is 1.60. The molecule has 1 N–H and O–H groups in total. The number of anilines is 4. The molecule has 35 heavy (non-hydrogen) atoms. The van der Waals surface area contributed by atoms with Gasteiger partial charge in [0.15, 0.2) is 0 Å². The number of carbonyl (C=O) groups is 1. The Bertz CT molecular complexity index is 1230. The number of hydrogen-bond acceptors (Lipinski definition) is 7. The molecule has 0 unspecified atom stereocenters. The van der Waals surface area contributed by atoms with Crippen LogP contribution in [0, 0.1) is 0 Å². The second-order valence-electron chi connectivity index (χ2n) is 8.34. The zero-order chi connectivity index (χ0) is 24.5. The number of amides is 2. The third-order valence-corrected chi connectivity index (χ3v) is 7.01. The molecular weight excluding hydrogens is 491 g/mol. The van der Waals surface area contributed by atoms with E-state index in [1.807, 2.05) is 12.1 Å². The van der Waals surface area contributed by atoms with Gasteiger partial charge in [-0.2, -0.15) is 4.98 Å². The first kappa shape index (κ1) is 23.4. The average Bonchev–Trinajstić information content (AvgIpc) is 3.40. The van der Waals surface area contributed by atoms with Gasteiger partial charge in [0.1, 0.15) is 27.4 Å². The Morgan fingerprint density at radius 1 is 1.06 bits per heavy atom. The SMILES string of the molecule is COc1cc(OC)c(Cl)c(N2Cc3cnc(Nc4ccncc4)nc3N(C3CCCC3)C2=O)c1Cl. The summed E-state index contributed by atoms with van der Waals surface area (Å²) in [5.41, 5.74) is 1.92. The van der Waals surface area contributed by atoms with Gasteiger partial charge in [-0.3, -0.25) is 14.8 Å². The van der Waals surface area contributed by atoms with E-state index in [4.69, 9.17) is 37.7 Å². The summed E-state index contributed by atoms with van der Waals surface area (Å²) in [4.78, 5) is 30.6. The molecule has 182 valence electrons. The largest absolute Gasteiger partial charge is 0.495 e. The summed E-state index contributed by atoms with van der Waals surface area (Å²) in [7, 11) is 3.00. The van der Waals surface area contributed by atoms with Gasteiger partial charge < -0.3 is 14.8 Å². The van der Waals surface area contributed by atoms with Gasteiger partial charge in [0, 0.05) is 41.9 Å². The Morgan fingerprint density at radius 3 is 2.34 bits per heavy atom. The Kier molecular flexibility index (Phi) is 6.53. The smallest absolute Gasteiger partial charge is 0.330 e. The van der Waals surface area contributed by atoms with Crippen LogP contribution in [0.2, 0.25) is 10.0 Å². The van der Waals surface area contributed by atoms with Gasteiger partial charge in [0.2, 0.25) is 5.95 Å². The maximum atomic E-state index is 14.0. The van der Waals surface area contributed by atoms with Gasteiger partial charge in [-0.1, -0.05) is 36.0 Å². The third kappa shape index (κ3) is 4.30. The van der Waals surface area contributed by atoms with E-state index in [0.29, 0.717) is 29.0 Å². The number of benzene rings is 1. The molecule has 0 spiro atoms. The van der Waals surface area contributed by atoms with Crippen molar-refractivity contribution in [2.24, 2.45) is 0 Å².